The number of carbonyl (C=O) groups is 1. The Morgan fingerprint density at radius 2 is 2.29 bits per heavy atom. The van der Waals surface area contributed by atoms with Gasteiger partial charge in [0.2, 0.25) is 5.91 Å². The van der Waals surface area contributed by atoms with Crippen molar-refractivity contribution < 1.29 is 14.6 Å². The number of aliphatic hydroxyl groups excluding tert-OH is 1. The third-order valence-electron chi connectivity index (χ3n) is 3.08. The van der Waals surface area contributed by atoms with Gasteiger partial charge >= 0.3 is 0 Å². The molecule has 0 aromatic heterocycles. The van der Waals surface area contributed by atoms with Crippen molar-refractivity contribution in [3.8, 4) is 0 Å². The summed E-state index contributed by atoms with van der Waals surface area (Å²) in [7, 11) is 1.65. The topological polar surface area (TPSA) is 70.6 Å². The highest BCUT2D eigenvalue weighted by molar-refractivity contribution is 5.77. The molecule has 2 unspecified atom stereocenters. The lowest BCUT2D eigenvalue weighted by Gasteiger charge is -2.10. The average Bonchev–Trinajstić information content (AvgIpc) is 2.71. The smallest absolute Gasteiger partial charge is 0.233 e. The highest BCUT2D eigenvalue weighted by Gasteiger charge is 2.22. The van der Waals surface area contributed by atoms with Crippen LogP contribution in [-0.4, -0.2) is 50.5 Å². The van der Waals surface area contributed by atoms with Gasteiger partial charge in [0.05, 0.1) is 12.6 Å². The first kappa shape index (κ1) is 14.4. The van der Waals surface area contributed by atoms with E-state index < -0.39 is 0 Å². The number of amides is 1. The van der Waals surface area contributed by atoms with Crippen LogP contribution in [0.4, 0.5) is 0 Å². The van der Waals surface area contributed by atoms with Crippen molar-refractivity contribution in [1.82, 2.24) is 10.6 Å². The number of hydrogen-bond acceptors (Lipinski definition) is 4. The van der Waals surface area contributed by atoms with Crippen LogP contribution in [0, 0.1) is 5.92 Å². The summed E-state index contributed by atoms with van der Waals surface area (Å²) >= 11 is 0. The van der Waals surface area contributed by atoms with Crippen LogP contribution in [-0.2, 0) is 9.53 Å². The number of nitrogens with one attached hydrogen (secondary N) is 2. The van der Waals surface area contributed by atoms with Crippen LogP contribution in [0.2, 0.25) is 0 Å². The molecule has 0 spiro atoms. The number of rotatable bonds is 8. The van der Waals surface area contributed by atoms with Crippen LogP contribution in [0.5, 0.6) is 0 Å². The first-order valence-electron chi connectivity index (χ1n) is 6.36. The summed E-state index contributed by atoms with van der Waals surface area (Å²) in [5.41, 5.74) is 0. The SMILES string of the molecule is COCCCNC(=O)CNCC1CCC(O)C1. The molecule has 1 amide bonds. The lowest BCUT2D eigenvalue weighted by Crippen LogP contribution is -2.36. The summed E-state index contributed by atoms with van der Waals surface area (Å²) in [4.78, 5) is 11.4. The Balaban J connectivity index is 1.93. The molecule has 100 valence electrons. The second-order valence-electron chi connectivity index (χ2n) is 4.66. The third-order valence-corrected chi connectivity index (χ3v) is 3.08. The molecule has 5 heteroatoms. The van der Waals surface area contributed by atoms with Gasteiger partial charge in [0.1, 0.15) is 0 Å². The first-order valence-corrected chi connectivity index (χ1v) is 6.36. The fourth-order valence-electron chi connectivity index (χ4n) is 2.13. The highest BCUT2D eigenvalue weighted by Crippen LogP contribution is 2.24. The Labute approximate surface area is 103 Å². The molecule has 0 heterocycles. The zero-order chi connectivity index (χ0) is 12.5. The predicted octanol–water partition coefficient (Wildman–Crippen LogP) is -0.110. The van der Waals surface area contributed by atoms with Crippen molar-refractivity contribution in [3.63, 3.8) is 0 Å². The molecule has 1 saturated carbocycles. The summed E-state index contributed by atoms with van der Waals surface area (Å²) in [6, 6.07) is 0. The maximum absolute atomic E-state index is 11.4. The van der Waals surface area contributed by atoms with E-state index in [0.29, 0.717) is 25.6 Å². The lowest BCUT2D eigenvalue weighted by atomic mass is 10.1. The summed E-state index contributed by atoms with van der Waals surface area (Å²) in [5, 5.41) is 15.3. The summed E-state index contributed by atoms with van der Waals surface area (Å²) in [5.74, 6) is 0.547. The van der Waals surface area contributed by atoms with E-state index in [-0.39, 0.29) is 12.0 Å². The van der Waals surface area contributed by atoms with Gasteiger partial charge in [0.15, 0.2) is 0 Å². The van der Waals surface area contributed by atoms with Crippen molar-refractivity contribution in [3.05, 3.63) is 0 Å². The molecule has 17 heavy (non-hydrogen) atoms. The van der Waals surface area contributed by atoms with Crippen molar-refractivity contribution >= 4 is 5.91 Å². The standard InChI is InChI=1S/C12H24N2O3/c1-17-6-2-5-14-12(16)9-13-8-10-3-4-11(15)7-10/h10-11,13,15H,2-9H2,1H3,(H,14,16). The second-order valence-corrected chi connectivity index (χ2v) is 4.66. The van der Waals surface area contributed by atoms with Crippen molar-refractivity contribution in [2.75, 3.05) is 33.4 Å². The van der Waals surface area contributed by atoms with E-state index >= 15 is 0 Å². The Morgan fingerprint density at radius 3 is 2.94 bits per heavy atom. The number of carbonyl (C=O) groups excluding carboxylic acids is 1. The van der Waals surface area contributed by atoms with Gasteiger partial charge in [0, 0.05) is 20.3 Å². The van der Waals surface area contributed by atoms with Gasteiger partial charge in [-0.3, -0.25) is 4.79 Å². The minimum absolute atomic E-state index is 0.0275. The molecule has 1 fully saturated rings. The van der Waals surface area contributed by atoms with E-state index in [0.717, 1.165) is 32.2 Å². The molecule has 0 aliphatic heterocycles. The number of hydrogen-bond donors (Lipinski definition) is 3. The minimum Gasteiger partial charge on any atom is -0.393 e. The highest BCUT2D eigenvalue weighted by atomic mass is 16.5. The van der Waals surface area contributed by atoms with Crippen molar-refractivity contribution in [1.29, 1.82) is 0 Å². The molecule has 5 nitrogen and oxygen atoms in total. The van der Waals surface area contributed by atoms with E-state index in [1.54, 1.807) is 7.11 Å². The summed E-state index contributed by atoms with van der Waals surface area (Å²) < 4.78 is 4.89. The molecule has 1 aliphatic rings. The molecule has 0 aromatic carbocycles. The third kappa shape index (κ3) is 6.61. The normalized spacial score (nSPS) is 23.9. The molecule has 0 bridgehead atoms. The average molecular weight is 244 g/mol. The van der Waals surface area contributed by atoms with Gasteiger partial charge < -0.3 is 20.5 Å². The zero-order valence-corrected chi connectivity index (χ0v) is 10.6. The molecule has 0 aromatic rings. The molecule has 0 radical (unpaired) electrons. The Hall–Kier alpha value is -0.650. The maximum Gasteiger partial charge on any atom is 0.233 e. The first-order chi connectivity index (χ1) is 8.22. The predicted molar refractivity (Wildman–Crippen MR) is 65.7 cm³/mol. The zero-order valence-electron chi connectivity index (χ0n) is 10.6. The van der Waals surface area contributed by atoms with E-state index in [1.807, 2.05) is 0 Å². The molecule has 0 saturated heterocycles. The van der Waals surface area contributed by atoms with Crippen LogP contribution < -0.4 is 10.6 Å². The van der Waals surface area contributed by atoms with E-state index in [4.69, 9.17) is 4.74 Å². The monoisotopic (exact) mass is 244 g/mol. The van der Waals surface area contributed by atoms with Crippen LogP contribution in [0.15, 0.2) is 0 Å². The van der Waals surface area contributed by atoms with E-state index in [9.17, 15) is 9.90 Å². The molecule has 1 rings (SSSR count). The van der Waals surface area contributed by atoms with Crippen molar-refractivity contribution in [2.24, 2.45) is 5.92 Å². The lowest BCUT2D eigenvalue weighted by molar-refractivity contribution is -0.120. The van der Waals surface area contributed by atoms with Crippen LogP contribution >= 0.6 is 0 Å². The van der Waals surface area contributed by atoms with E-state index in [1.165, 1.54) is 0 Å². The van der Waals surface area contributed by atoms with Gasteiger partial charge in [-0.25, -0.2) is 0 Å². The Bertz CT molecular complexity index is 224. The van der Waals surface area contributed by atoms with Crippen LogP contribution in [0.25, 0.3) is 0 Å². The summed E-state index contributed by atoms with van der Waals surface area (Å²) in [6.07, 6.45) is 3.53. The fraction of sp³-hybridized carbons (Fsp3) is 0.917. The largest absolute Gasteiger partial charge is 0.393 e. The van der Waals surface area contributed by atoms with E-state index in [2.05, 4.69) is 10.6 Å². The molecule has 1 aliphatic carbocycles. The Kier molecular flexibility index (Phi) is 7.16. The maximum atomic E-state index is 11.4. The van der Waals surface area contributed by atoms with Gasteiger partial charge in [-0.15, -0.1) is 0 Å². The Morgan fingerprint density at radius 1 is 1.47 bits per heavy atom. The molecular weight excluding hydrogens is 220 g/mol. The van der Waals surface area contributed by atoms with Crippen molar-refractivity contribution in [2.45, 2.75) is 31.8 Å². The van der Waals surface area contributed by atoms with Gasteiger partial charge in [-0.2, -0.15) is 0 Å². The molecule has 2 atom stereocenters. The fourth-order valence-corrected chi connectivity index (χ4v) is 2.13. The van der Waals surface area contributed by atoms with Crippen LogP contribution in [0.3, 0.4) is 0 Å². The quantitative estimate of drug-likeness (QED) is 0.521. The van der Waals surface area contributed by atoms with Gasteiger partial charge in [0.25, 0.3) is 0 Å². The van der Waals surface area contributed by atoms with Crippen LogP contribution in [0.1, 0.15) is 25.7 Å². The summed E-state index contributed by atoms with van der Waals surface area (Å²) in [6.45, 7) is 2.52. The second kappa shape index (κ2) is 8.44. The number of ether oxygens (including phenoxy) is 1. The minimum atomic E-state index is -0.135. The number of aliphatic hydroxyl groups is 1. The van der Waals surface area contributed by atoms with Gasteiger partial charge in [-0.1, -0.05) is 0 Å². The number of methoxy groups -OCH3 is 1. The molecular formula is C12H24N2O3. The van der Waals surface area contributed by atoms with Gasteiger partial charge in [-0.05, 0) is 38.1 Å². The molecule has 3 N–H and O–H groups in total.